The average Bonchev–Trinajstić information content (AvgIpc) is 2.50. The van der Waals surface area contributed by atoms with Crippen molar-refractivity contribution in [3.63, 3.8) is 0 Å². The molecule has 0 saturated carbocycles. The van der Waals surface area contributed by atoms with Gasteiger partial charge in [-0.3, -0.25) is 10.1 Å². The van der Waals surface area contributed by atoms with Crippen molar-refractivity contribution in [3.8, 4) is 0 Å². The number of halogens is 1. The van der Waals surface area contributed by atoms with Gasteiger partial charge in [0.1, 0.15) is 0 Å². The number of nitro groups is 1. The number of aromatic nitrogens is 3. The fourth-order valence-corrected chi connectivity index (χ4v) is 0.776. The van der Waals surface area contributed by atoms with Crippen LogP contribution in [0.5, 0.6) is 0 Å². The number of nitrogens with zero attached hydrogens (tertiary/aromatic N) is 4. The van der Waals surface area contributed by atoms with Crippen LogP contribution in [0.15, 0.2) is 6.20 Å². The predicted molar refractivity (Wildman–Crippen MR) is 41.3 cm³/mol. The lowest BCUT2D eigenvalue weighted by Gasteiger charge is -2.00. The van der Waals surface area contributed by atoms with Crippen molar-refractivity contribution in [2.75, 3.05) is 0 Å². The summed E-state index contributed by atoms with van der Waals surface area (Å²) in [7, 11) is 0. The Kier molecular flexibility index (Phi) is 2.59. The number of hydrogen-bond acceptors (Lipinski definition) is 4. The number of rotatable bonds is 3. The van der Waals surface area contributed by atoms with E-state index in [-0.39, 0.29) is 5.88 Å². The SMILES string of the molecule is CC(n1cc(CCl)nn1)[N+](=O)[O-]. The summed E-state index contributed by atoms with van der Waals surface area (Å²) in [5, 5.41) is 17.4. The molecule has 1 rings (SSSR count). The molecule has 0 saturated heterocycles. The van der Waals surface area contributed by atoms with Crippen LogP contribution < -0.4 is 0 Å². The fourth-order valence-electron chi connectivity index (χ4n) is 0.654. The normalized spacial score (nSPS) is 12.8. The first kappa shape index (κ1) is 8.92. The summed E-state index contributed by atoms with van der Waals surface area (Å²) in [6.45, 7) is 1.42. The van der Waals surface area contributed by atoms with E-state index >= 15 is 0 Å². The van der Waals surface area contributed by atoms with Crippen molar-refractivity contribution in [1.29, 1.82) is 0 Å². The van der Waals surface area contributed by atoms with E-state index in [0.29, 0.717) is 5.69 Å². The lowest BCUT2D eigenvalue weighted by Crippen LogP contribution is -2.15. The highest BCUT2D eigenvalue weighted by Crippen LogP contribution is 2.05. The van der Waals surface area contributed by atoms with Gasteiger partial charge in [-0.05, 0) is 0 Å². The molecule has 0 N–H and O–H groups in total. The monoisotopic (exact) mass is 190 g/mol. The van der Waals surface area contributed by atoms with Crippen LogP contribution >= 0.6 is 11.6 Å². The van der Waals surface area contributed by atoms with Gasteiger partial charge in [-0.2, -0.15) is 4.68 Å². The van der Waals surface area contributed by atoms with E-state index < -0.39 is 11.1 Å². The Morgan fingerprint density at radius 1 is 1.92 bits per heavy atom. The van der Waals surface area contributed by atoms with Crippen molar-refractivity contribution < 1.29 is 4.92 Å². The summed E-state index contributed by atoms with van der Waals surface area (Å²) in [5.41, 5.74) is 0.533. The van der Waals surface area contributed by atoms with Crippen LogP contribution in [-0.4, -0.2) is 19.9 Å². The molecule has 0 bridgehead atoms. The Labute approximate surface area is 73.3 Å². The maximum absolute atomic E-state index is 10.3. The smallest absolute Gasteiger partial charge is 0.262 e. The highest BCUT2D eigenvalue weighted by Gasteiger charge is 2.16. The van der Waals surface area contributed by atoms with Crippen molar-refractivity contribution in [2.24, 2.45) is 0 Å². The molecule has 0 aliphatic carbocycles. The van der Waals surface area contributed by atoms with Gasteiger partial charge in [-0.1, -0.05) is 5.21 Å². The molecule has 0 aliphatic heterocycles. The zero-order valence-electron chi connectivity index (χ0n) is 6.35. The highest BCUT2D eigenvalue weighted by atomic mass is 35.5. The third-order valence-electron chi connectivity index (χ3n) is 1.38. The second kappa shape index (κ2) is 3.48. The molecule has 6 nitrogen and oxygen atoms in total. The molecule has 1 heterocycles. The van der Waals surface area contributed by atoms with Crippen LogP contribution in [0.2, 0.25) is 0 Å². The third-order valence-corrected chi connectivity index (χ3v) is 1.66. The van der Waals surface area contributed by atoms with Crippen molar-refractivity contribution >= 4 is 11.6 Å². The standard InChI is InChI=1S/C5H7ClN4O2/c1-4(10(11)12)9-3-5(2-6)7-8-9/h3-4H,2H2,1H3. The van der Waals surface area contributed by atoms with Crippen LogP contribution in [0.25, 0.3) is 0 Å². The molecule has 0 radical (unpaired) electrons. The molecule has 12 heavy (non-hydrogen) atoms. The molecule has 0 spiro atoms. The molecule has 0 aromatic carbocycles. The average molecular weight is 191 g/mol. The second-order valence-electron chi connectivity index (χ2n) is 2.24. The summed E-state index contributed by atoms with van der Waals surface area (Å²) >= 11 is 5.44. The molecule has 0 fully saturated rings. The quantitative estimate of drug-likeness (QED) is 0.402. The fraction of sp³-hybridized carbons (Fsp3) is 0.600. The van der Waals surface area contributed by atoms with E-state index in [0.717, 1.165) is 4.68 Å². The topological polar surface area (TPSA) is 73.8 Å². The molecule has 1 unspecified atom stereocenters. The summed E-state index contributed by atoms with van der Waals surface area (Å²) in [4.78, 5) is 9.83. The summed E-state index contributed by atoms with van der Waals surface area (Å²) in [6.07, 6.45) is 0.565. The highest BCUT2D eigenvalue weighted by molar-refractivity contribution is 6.16. The molecular weight excluding hydrogens is 184 g/mol. The van der Waals surface area contributed by atoms with Crippen molar-refractivity contribution in [2.45, 2.75) is 19.0 Å². The lowest BCUT2D eigenvalue weighted by atomic mass is 10.5. The molecular formula is C5H7ClN4O2. The Bertz CT molecular complexity index is 287. The summed E-state index contributed by atoms with van der Waals surface area (Å²) < 4.78 is 1.16. The summed E-state index contributed by atoms with van der Waals surface area (Å²) in [6, 6.07) is 0. The minimum Gasteiger partial charge on any atom is -0.262 e. The lowest BCUT2D eigenvalue weighted by molar-refractivity contribution is -0.545. The van der Waals surface area contributed by atoms with E-state index in [2.05, 4.69) is 10.3 Å². The Morgan fingerprint density at radius 2 is 2.58 bits per heavy atom. The maximum atomic E-state index is 10.3. The first-order valence-corrected chi connectivity index (χ1v) is 3.78. The van der Waals surface area contributed by atoms with Gasteiger partial charge >= 0.3 is 6.17 Å². The largest absolute Gasteiger partial charge is 0.303 e. The second-order valence-corrected chi connectivity index (χ2v) is 2.51. The van der Waals surface area contributed by atoms with Crippen LogP contribution in [0.1, 0.15) is 18.8 Å². The molecule has 0 aliphatic rings. The first-order valence-electron chi connectivity index (χ1n) is 3.25. The zero-order chi connectivity index (χ0) is 9.14. The minimum absolute atomic E-state index is 0.213. The number of hydrogen-bond donors (Lipinski definition) is 0. The Balaban J connectivity index is 2.81. The van der Waals surface area contributed by atoms with Crippen LogP contribution in [0.4, 0.5) is 0 Å². The van der Waals surface area contributed by atoms with Gasteiger partial charge in [-0.25, -0.2) is 0 Å². The van der Waals surface area contributed by atoms with Crippen LogP contribution in [-0.2, 0) is 5.88 Å². The van der Waals surface area contributed by atoms with E-state index in [1.165, 1.54) is 13.1 Å². The third kappa shape index (κ3) is 1.70. The molecule has 0 amide bonds. The molecule has 1 aromatic heterocycles. The minimum atomic E-state index is -0.894. The van der Waals surface area contributed by atoms with Gasteiger partial charge in [0.05, 0.1) is 17.8 Å². The van der Waals surface area contributed by atoms with E-state index in [1.807, 2.05) is 0 Å². The van der Waals surface area contributed by atoms with Crippen molar-refractivity contribution in [1.82, 2.24) is 15.0 Å². The van der Waals surface area contributed by atoms with E-state index in [9.17, 15) is 10.1 Å². The maximum Gasteiger partial charge on any atom is 0.303 e. The molecule has 7 heteroatoms. The molecule has 1 aromatic rings. The predicted octanol–water partition coefficient (Wildman–Crippen LogP) is 0.812. The number of alkyl halides is 1. The molecule has 1 atom stereocenters. The van der Waals surface area contributed by atoms with Gasteiger partial charge < -0.3 is 0 Å². The van der Waals surface area contributed by atoms with Crippen LogP contribution in [0.3, 0.4) is 0 Å². The van der Waals surface area contributed by atoms with Gasteiger partial charge in [0.2, 0.25) is 0 Å². The Morgan fingerprint density at radius 3 is 3.00 bits per heavy atom. The first-order chi connectivity index (χ1) is 5.65. The van der Waals surface area contributed by atoms with Crippen molar-refractivity contribution in [3.05, 3.63) is 22.0 Å². The van der Waals surface area contributed by atoms with Gasteiger partial charge in [0.15, 0.2) is 0 Å². The Hall–Kier alpha value is -1.17. The van der Waals surface area contributed by atoms with Gasteiger partial charge in [0.25, 0.3) is 0 Å². The van der Waals surface area contributed by atoms with Crippen LogP contribution in [0, 0.1) is 10.1 Å². The molecule has 66 valence electrons. The van der Waals surface area contributed by atoms with Gasteiger partial charge in [0, 0.05) is 11.8 Å². The van der Waals surface area contributed by atoms with Gasteiger partial charge in [-0.15, -0.1) is 16.7 Å². The van der Waals surface area contributed by atoms with E-state index in [4.69, 9.17) is 11.6 Å². The summed E-state index contributed by atoms with van der Waals surface area (Å²) in [5.74, 6) is 0.213. The zero-order valence-corrected chi connectivity index (χ0v) is 7.10. The van der Waals surface area contributed by atoms with E-state index in [1.54, 1.807) is 0 Å².